The van der Waals surface area contributed by atoms with E-state index in [9.17, 15) is 4.79 Å². The summed E-state index contributed by atoms with van der Waals surface area (Å²) in [7, 11) is 5.22. The summed E-state index contributed by atoms with van der Waals surface area (Å²) < 4.78 is 1.61. The minimum Gasteiger partial charge on any atom is -0.345 e. The third-order valence-corrected chi connectivity index (χ3v) is 1.36. The van der Waals surface area contributed by atoms with Gasteiger partial charge in [0.05, 0.1) is 11.8 Å². The van der Waals surface area contributed by atoms with Crippen molar-refractivity contribution in [2.75, 3.05) is 14.1 Å². The Morgan fingerprint density at radius 1 is 1.64 bits per heavy atom. The molecular formula is C7H11N3O. The highest BCUT2D eigenvalue weighted by molar-refractivity contribution is 5.93. The van der Waals surface area contributed by atoms with Crippen molar-refractivity contribution >= 4 is 5.91 Å². The molecule has 0 aliphatic rings. The number of aromatic nitrogens is 2. The molecule has 11 heavy (non-hydrogen) atoms. The number of hydrogen-bond donors (Lipinski definition) is 0. The van der Waals surface area contributed by atoms with Gasteiger partial charge in [-0.1, -0.05) is 0 Å². The van der Waals surface area contributed by atoms with Crippen LogP contribution < -0.4 is 0 Å². The number of aryl methyl sites for hydroxylation is 1. The lowest BCUT2D eigenvalue weighted by Gasteiger charge is -2.06. The van der Waals surface area contributed by atoms with E-state index in [1.807, 2.05) is 0 Å². The predicted molar refractivity (Wildman–Crippen MR) is 41.2 cm³/mol. The molecular weight excluding hydrogens is 142 g/mol. The molecule has 1 rings (SSSR count). The van der Waals surface area contributed by atoms with E-state index in [2.05, 4.69) is 5.10 Å². The molecule has 0 aliphatic carbocycles. The summed E-state index contributed by atoms with van der Waals surface area (Å²) in [5.74, 6) is -0.0156. The first kappa shape index (κ1) is 7.78. The van der Waals surface area contributed by atoms with E-state index < -0.39 is 0 Å². The summed E-state index contributed by atoms with van der Waals surface area (Å²) in [5, 5.41) is 3.89. The standard InChI is InChI=1S/C7H11N3O/c1-9(2)7(11)6-4-8-10(3)5-6/h4-5H,1-3H3. The van der Waals surface area contributed by atoms with Gasteiger partial charge in [-0.05, 0) is 0 Å². The molecule has 1 aromatic heterocycles. The van der Waals surface area contributed by atoms with Crippen LogP contribution in [0.3, 0.4) is 0 Å². The van der Waals surface area contributed by atoms with Crippen LogP contribution in [-0.2, 0) is 7.05 Å². The molecule has 0 aromatic carbocycles. The first-order chi connectivity index (χ1) is 5.11. The zero-order valence-electron chi connectivity index (χ0n) is 6.90. The monoisotopic (exact) mass is 153 g/mol. The van der Waals surface area contributed by atoms with Crippen LogP contribution in [0.25, 0.3) is 0 Å². The second-order valence-corrected chi connectivity index (χ2v) is 2.60. The van der Waals surface area contributed by atoms with E-state index in [1.165, 1.54) is 4.90 Å². The Hall–Kier alpha value is -1.32. The molecule has 0 N–H and O–H groups in total. The first-order valence-electron chi connectivity index (χ1n) is 3.31. The van der Waals surface area contributed by atoms with Gasteiger partial charge in [-0.2, -0.15) is 5.10 Å². The maximum Gasteiger partial charge on any atom is 0.256 e. The number of carbonyl (C=O) groups excluding carboxylic acids is 1. The fourth-order valence-electron chi connectivity index (χ4n) is 0.790. The minimum absolute atomic E-state index is 0.0156. The molecule has 1 heterocycles. The Labute approximate surface area is 65.4 Å². The van der Waals surface area contributed by atoms with Gasteiger partial charge in [0.2, 0.25) is 0 Å². The Kier molecular flexibility index (Phi) is 1.94. The Bertz CT molecular complexity index is 264. The smallest absolute Gasteiger partial charge is 0.256 e. The summed E-state index contributed by atoms with van der Waals surface area (Å²) in [6.45, 7) is 0. The normalized spacial score (nSPS) is 9.73. The van der Waals surface area contributed by atoms with Crippen LogP contribution in [0.4, 0.5) is 0 Å². The molecule has 0 fully saturated rings. The maximum atomic E-state index is 11.2. The van der Waals surface area contributed by atoms with Crippen molar-refractivity contribution in [3.8, 4) is 0 Å². The van der Waals surface area contributed by atoms with Gasteiger partial charge in [0.1, 0.15) is 0 Å². The fraction of sp³-hybridized carbons (Fsp3) is 0.429. The van der Waals surface area contributed by atoms with E-state index in [-0.39, 0.29) is 5.91 Å². The van der Waals surface area contributed by atoms with Crippen LogP contribution >= 0.6 is 0 Å². The third kappa shape index (κ3) is 1.58. The van der Waals surface area contributed by atoms with Crippen molar-refractivity contribution in [1.29, 1.82) is 0 Å². The molecule has 0 unspecified atom stereocenters. The fourth-order valence-corrected chi connectivity index (χ4v) is 0.790. The Morgan fingerprint density at radius 2 is 2.27 bits per heavy atom. The highest BCUT2D eigenvalue weighted by Gasteiger charge is 2.08. The molecule has 0 atom stereocenters. The van der Waals surface area contributed by atoms with Crippen molar-refractivity contribution in [2.45, 2.75) is 0 Å². The van der Waals surface area contributed by atoms with Crippen molar-refractivity contribution < 1.29 is 4.79 Å². The summed E-state index contributed by atoms with van der Waals surface area (Å²) in [6, 6.07) is 0. The molecule has 1 amide bonds. The molecule has 0 bridgehead atoms. The summed E-state index contributed by atoms with van der Waals surface area (Å²) in [5.41, 5.74) is 0.623. The van der Waals surface area contributed by atoms with Crippen LogP contribution in [-0.4, -0.2) is 34.7 Å². The van der Waals surface area contributed by atoms with Gasteiger partial charge < -0.3 is 4.90 Å². The first-order valence-corrected chi connectivity index (χ1v) is 3.31. The van der Waals surface area contributed by atoms with Gasteiger partial charge in [-0.3, -0.25) is 9.48 Å². The van der Waals surface area contributed by atoms with Crippen LogP contribution in [0, 0.1) is 0 Å². The van der Waals surface area contributed by atoms with E-state index in [0.717, 1.165) is 0 Å². The number of carbonyl (C=O) groups is 1. The van der Waals surface area contributed by atoms with Crippen molar-refractivity contribution in [3.05, 3.63) is 18.0 Å². The second kappa shape index (κ2) is 2.74. The van der Waals surface area contributed by atoms with Gasteiger partial charge in [0.25, 0.3) is 5.91 Å². The van der Waals surface area contributed by atoms with Gasteiger partial charge in [0.15, 0.2) is 0 Å². The average Bonchev–Trinajstić information content (AvgIpc) is 2.34. The van der Waals surface area contributed by atoms with Gasteiger partial charge in [-0.25, -0.2) is 0 Å². The van der Waals surface area contributed by atoms with Crippen molar-refractivity contribution in [1.82, 2.24) is 14.7 Å². The van der Waals surface area contributed by atoms with Crippen molar-refractivity contribution in [2.24, 2.45) is 7.05 Å². The van der Waals surface area contributed by atoms with Crippen molar-refractivity contribution in [3.63, 3.8) is 0 Å². The third-order valence-electron chi connectivity index (χ3n) is 1.36. The highest BCUT2D eigenvalue weighted by Crippen LogP contribution is 1.98. The molecule has 0 saturated heterocycles. The number of rotatable bonds is 1. The van der Waals surface area contributed by atoms with Gasteiger partial charge in [0, 0.05) is 27.3 Å². The van der Waals surface area contributed by atoms with Gasteiger partial charge >= 0.3 is 0 Å². The minimum atomic E-state index is -0.0156. The van der Waals surface area contributed by atoms with Crippen LogP contribution in [0.2, 0.25) is 0 Å². The zero-order valence-corrected chi connectivity index (χ0v) is 6.90. The van der Waals surface area contributed by atoms with Crippen LogP contribution in [0.5, 0.6) is 0 Å². The topological polar surface area (TPSA) is 38.1 Å². The zero-order chi connectivity index (χ0) is 8.43. The SMILES string of the molecule is CN(C)C(=O)c1cnn(C)c1. The predicted octanol–water partition coefficient (Wildman–Crippen LogP) is 0.122. The average molecular weight is 153 g/mol. The molecule has 60 valence electrons. The van der Waals surface area contributed by atoms with Crippen LogP contribution in [0.15, 0.2) is 12.4 Å². The summed E-state index contributed by atoms with van der Waals surface area (Å²) in [6.07, 6.45) is 3.25. The van der Waals surface area contributed by atoms with E-state index in [0.29, 0.717) is 5.56 Å². The lowest BCUT2D eigenvalue weighted by Crippen LogP contribution is -2.21. The lowest BCUT2D eigenvalue weighted by molar-refractivity contribution is 0.0827. The number of nitrogens with zero attached hydrogens (tertiary/aromatic N) is 3. The molecule has 0 radical (unpaired) electrons. The molecule has 1 aromatic rings. The quantitative estimate of drug-likeness (QED) is 0.574. The number of amides is 1. The Balaban J connectivity index is 2.85. The molecule has 4 nitrogen and oxygen atoms in total. The number of hydrogen-bond acceptors (Lipinski definition) is 2. The Morgan fingerprint density at radius 3 is 2.64 bits per heavy atom. The van der Waals surface area contributed by atoms with E-state index >= 15 is 0 Å². The van der Waals surface area contributed by atoms with E-state index in [4.69, 9.17) is 0 Å². The molecule has 0 spiro atoms. The lowest BCUT2D eigenvalue weighted by atomic mass is 10.3. The second-order valence-electron chi connectivity index (χ2n) is 2.60. The molecule has 4 heteroatoms. The van der Waals surface area contributed by atoms with E-state index in [1.54, 1.807) is 38.2 Å². The summed E-state index contributed by atoms with van der Waals surface area (Å²) in [4.78, 5) is 12.8. The van der Waals surface area contributed by atoms with Crippen LogP contribution in [0.1, 0.15) is 10.4 Å². The largest absolute Gasteiger partial charge is 0.345 e. The highest BCUT2D eigenvalue weighted by atomic mass is 16.2. The molecule has 0 saturated carbocycles. The maximum absolute atomic E-state index is 11.2. The molecule has 0 aliphatic heterocycles. The summed E-state index contributed by atoms with van der Waals surface area (Å²) >= 11 is 0. The van der Waals surface area contributed by atoms with Gasteiger partial charge in [-0.15, -0.1) is 0 Å².